The summed E-state index contributed by atoms with van der Waals surface area (Å²) in [5.74, 6) is -2.36. The van der Waals surface area contributed by atoms with Gasteiger partial charge in [-0.3, -0.25) is 24.5 Å². The second kappa shape index (κ2) is 7.30. The lowest BCUT2D eigenvalue weighted by Gasteiger charge is -2.09. The quantitative estimate of drug-likeness (QED) is 0.452. The fourth-order valence-corrected chi connectivity index (χ4v) is 1.60. The molecule has 0 aliphatic rings. The van der Waals surface area contributed by atoms with E-state index in [1.165, 1.54) is 12.1 Å². The van der Waals surface area contributed by atoms with E-state index in [0.29, 0.717) is 0 Å². The highest BCUT2D eigenvalue weighted by Crippen LogP contribution is 2.26. The van der Waals surface area contributed by atoms with Crippen LogP contribution in [0.5, 0.6) is 0 Å². The molecule has 0 spiro atoms. The number of nitrogens with one attached hydrogen (secondary N) is 1. The molecule has 1 aromatic carbocycles. The molecule has 22 heavy (non-hydrogen) atoms. The second-order valence-electron chi connectivity index (χ2n) is 4.95. The molecule has 0 aromatic heterocycles. The summed E-state index contributed by atoms with van der Waals surface area (Å²) in [6, 6.07) is 3.64. The standard InChI is InChI=1S/C14H16N2O6/c1-8(2)14(20)15-10-4-3-9(7-11(10)16(21)22)12(17)5-6-13(18)19/h3-4,7-8H,5-6H2,1-2H3,(H,15,20)(H,18,19). The van der Waals surface area contributed by atoms with Crippen LogP contribution >= 0.6 is 0 Å². The molecule has 2 N–H and O–H groups in total. The fourth-order valence-electron chi connectivity index (χ4n) is 1.60. The predicted molar refractivity (Wildman–Crippen MR) is 77.8 cm³/mol. The van der Waals surface area contributed by atoms with Crippen molar-refractivity contribution in [3.63, 3.8) is 0 Å². The number of rotatable bonds is 7. The van der Waals surface area contributed by atoms with Gasteiger partial charge in [0.05, 0.1) is 11.3 Å². The van der Waals surface area contributed by atoms with Crippen LogP contribution in [0.25, 0.3) is 0 Å². The van der Waals surface area contributed by atoms with Gasteiger partial charge in [-0.2, -0.15) is 0 Å². The highest BCUT2D eigenvalue weighted by atomic mass is 16.6. The maximum Gasteiger partial charge on any atom is 0.303 e. The van der Waals surface area contributed by atoms with Crippen LogP contribution in [0.3, 0.4) is 0 Å². The maximum absolute atomic E-state index is 11.8. The number of aliphatic carboxylic acids is 1. The van der Waals surface area contributed by atoms with E-state index in [0.717, 1.165) is 6.07 Å². The molecule has 0 unspecified atom stereocenters. The Balaban J connectivity index is 3.04. The average molecular weight is 308 g/mol. The van der Waals surface area contributed by atoms with E-state index in [1.807, 2.05) is 0 Å². The first-order valence-electron chi connectivity index (χ1n) is 6.56. The summed E-state index contributed by atoms with van der Waals surface area (Å²) < 4.78 is 0. The highest BCUT2D eigenvalue weighted by molar-refractivity contribution is 6.00. The minimum Gasteiger partial charge on any atom is -0.481 e. The van der Waals surface area contributed by atoms with E-state index in [-0.39, 0.29) is 35.9 Å². The molecule has 0 saturated carbocycles. The third-order valence-corrected chi connectivity index (χ3v) is 2.86. The van der Waals surface area contributed by atoms with Crippen LogP contribution in [0, 0.1) is 16.0 Å². The smallest absolute Gasteiger partial charge is 0.303 e. The number of carboxylic acid groups (broad SMARTS) is 1. The Hall–Kier alpha value is -2.77. The zero-order valence-corrected chi connectivity index (χ0v) is 12.2. The molecule has 1 amide bonds. The molecule has 8 heteroatoms. The first-order valence-corrected chi connectivity index (χ1v) is 6.56. The molecule has 1 rings (SSSR count). The molecule has 118 valence electrons. The van der Waals surface area contributed by atoms with Crippen LogP contribution in [0.15, 0.2) is 18.2 Å². The summed E-state index contributed by atoms with van der Waals surface area (Å²) in [5, 5.41) is 22.0. The normalized spacial score (nSPS) is 10.3. The Morgan fingerprint density at radius 1 is 1.27 bits per heavy atom. The minimum atomic E-state index is -1.12. The summed E-state index contributed by atoms with van der Waals surface area (Å²) in [4.78, 5) is 44.2. The van der Waals surface area contributed by atoms with Gasteiger partial charge in [0.1, 0.15) is 5.69 Å². The van der Waals surface area contributed by atoms with E-state index in [2.05, 4.69) is 5.32 Å². The zero-order valence-electron chi connectivity index (χ0n) is 12.2. The maximum atomic E-state index is 11.8. The van der Waals surface area contributed by atoms with Crippen LogP contribution in [0.2, 0.25) is 0 Å². The van der Waals surface area contributed by atoms with E-state index in [4.69, 9.17) is 5.11 Å². The monoisotopic (exact) mass is 308 g/mol. The number of carboxylic acids is 1. The molecule has 1 aromatic rings. The Morgan fingerprint density at radius 3 is 2.41 bits per heavy atom. The van der Waals surface area contributed by atoms with E-state index >= 15 is 0 Å². The third-order valence-electron chi connectivity index (χ3n) is 2.86. The summed E-state index contributed by atoms with van der Waals surface area (Å²) in [5.41, 5.74) is -0.371. The second-order valence-corrected chi connectivity index (χ2v) is 4.95. The van der Waals surface area contributed by atoms with Gasteiger partial charge in [0, 0.05) is 24.0 Å². The summed E-state index contributed by atoms with van der Waals surface area (Å²) >= 11 is 0. The molecule has 0 bridgehead atoms. The number of ketones is 1. The molecule has 8 nitrogen and oxygen atoms in total. The SMILES string of the molecule is CC(C)C(=O)Nc1ccc(C(=O)CCC(=O)O)cc1[N+](=O)[O-]. The van der Waals surface area contributed by atoms with Crippen LogP contribution in [0.1, 0.15) is 37.0 Å². The molecular weight excluding hydrogens is 292 g/mol. The lowest BCUT2D eigenvalue weighted by molar-refractivity contribution is -0.384. The van der Waals surface area contributed by atoms with Crippen molar-refractivity contribution in [1.29, 1.82) is 0 Å². The van der Waals surface area contributed by atoms with Crippen molar-refractivity contribution in [2.24, 2.45) is 5.92 Å². The average Bonchev–Trinajstić information content (AvgIpc) is 2.44. The van der Waals surface area contributed by atoms with Crippen molar-refractivity contribution in [3.05, 3.63) is 33.9 Å². The summed E-state index contributed by atoms with van der Waals surface area (Å²) in [6.45, 7) is 3.29. The first-order chi connectivity index (χ1) is 10.2. The highest BCUT2D eigenvalue weighted by Gasteiger charge is 2.20. The van der Waals surface area contributed by atoms with Gasteiger partial charge in [0.2, 0.25) is 5.91 Å². The van der Waals surface area contributed by atoms with Gasteiger partial charge in [-0.15, -0.1) is 0 Å². The number of benzene rings is 1. The number of anilines is 1. The number of carbonyl (C=O) groups excluding carboxylic acids is 2. The Labute approximate surface area is 126 Å². The number of nitro groups is 1. The number of amides is 1. The van der Waals surface area contributed by atoms with Crippen molar-refractivity contribution in [3.8, 4) is 0 Å². The molecule has 0 fully saturated rings. The summed E-state index contributed by atoms with van der Waals surface area (Å²) in [7, 11) is 0. The minimum absolute atomic E-state index is 0.00140. The van der Waals surface area contributed by atoms with Crippen LogP contribution in [-0.2, 0) is 9.59 Å². The van der Waals surface area contributed by atoms with Crippen molar-refractivity contribution in [1.82, 2.24) is 0 Å². The number of hydrogen-bond donors (Lipinski definition) is 2. The van der Waals surface area contributed by atoms with Gasteiger partial charge in [-0.1, -0.05) is 13.8 Å². The van der Waals surface area contributed by atoms with Gasteiger partial charge in [-0.25, -0.2) is 0 Å². The fraction of sp³-hybridized carbons (Fsp3) is 0.357. The van der Waals surface area contributed by atoms with Gasteiger partial charge in [0.15, 0.2) is 5.78 Å². The van der Waals surface area contributed by atoms with Crippen molar-refractivity contribution < 1.29 is 24.4 Å². The lowest BCUT2D eigenvalue weighted by Crippen LogP contribution is -2.18. The summed E-state index contributed by atoms with van der Waals surface area (Å²) in [6.07, 6.45) is -0.595. The molecule has 0 heterocycles. The van der Waals surface area contributed by atoms with E-state index in [1.54, 1.807) is 13.8 Å². The first kappa shape index (κ1) is 17.3. The van der Waals surface area contributed by atoms with Crippen LogP contribution in [0.4, 0.5) is 11.4 Å². The van der Waals surface area contributed by atoms with Crippen molar-refractivity contribution in [2.45, 2.75) is 26.7 Å². The Bertz CT molecular complexity index is 624. The largest absolute Gasteiger partial charge is 0.481 e. The van der Waals surface area contributed by atoms with Crippen molar-refractivity contribution in [2.75, 3.05) is 5.32 Å². The Morgan fingerprint density at radius 2 is 1.91 bits per heavy atom. The van der Waals surface area contributed by atoms with Gasteiger partial charge in [-0.05, 0) is 12.1 Å². The van der Waals surface area contributed by atoms with Crippen LogP contribution < -0.4 is 5.32 Å². The molecule has 0 aliphatic carbocycles. The van der Waals surface area contributed by atoms with Gasteiger partial charge < -0.3 is 10.4 Å². The lowest BCUT2D eigenvalue weighted by atomic mass is 10.0. The number of hydrogen-bond acceptors (Lipinski definition) is 5. The number of carbonyl (C=O) groups is 3. The Kier molecular flexibility index (Phi) is 5.73. The number of nitrogens with zero attached hydrogens (tertiary/aromatic N) is 1. The topological polar surface area (TPSA) is 127 Å². The zero-order chi connectivity index (χ0) is 16.9. The molecular formula is C14H16N2O6. The van der Waals surface area contributed by atoms with Crippen molar-refractivity contribution >= 4 is 29.0 Å². The predicted octanol–water partition coefficient (Wildman–Crippen LogP) is 2.24. The third kappa shape index (κ3) is 4.65. The van der Waals surface area contributed by atoms with E-state index < -0.39 is 22.4 Å². The van der Waals surface area contributed by atoms with Crippen LogP contribution in [-0.4, -0.2) is 27.7 Å². The molecule has 0 saturated heterocycles. The van der Waals surface area contributed by atoms with E-state index in [9.17, 15) is 24.5 Å². The molecule has 0 atom stereocenters. The number of nitro benzene ring substituents is 1. The number of Topliss-reactive ketones (excluding diaryl/α,β-unsaturated/α-hetero) is 1. The molecule has 0 aliphatic heterocycles. The molecule has 0 radical (unpaired) electrons. The van der Waals surface area contributed by atoms with Gasteiger partial charge >= 0.3 is 5.97 Å². The van der Waals surface area contributed by atoms with Gasteiger partial charge in [0.25, 0.3) is 5.69 Å².